The van der Waals surface area contributed by atoms with Crippen molar-refractivity contribution in [2.75, 3.05) is 18.4 Å². The van der Waals surface area contributed by atoms with Gasteiger partial charge in [-0.2, -0.15) is 0 Å². The standard InChI is InChI=1S/C13H17ClN4O2/c1-7-16-12(11(14)13(20)17-7)15-5-8-4-10(19)18(6-8)9-2-3-9/h8-9H,2-6H2,1H3,(H2,15,16,17,20). The number of anilines is 1. The average Bonchev–Trinajstić information content (AvgIpc) is 3.16. The predicted molar refractivity (Wildman–Crippen MR) is 75.9 cm³/mol. The average molecular weight is 297 g/mol. The van der Waals surface area contributed by atoms with E-state index < -0.39 is 0 Å². The Morgan fingerprint density at radius 1 is 1.45 bits per heavy atom. The summed E-state index contributed by atoms with van der Waals surface area (Å²) in [5, 5.41) is 3.16. The van der Waals surface area contributed by atoms with Crippen molar-refractivity contribution in [3.63, 3.8) is 0 Å². The number of hydrogen-bond acceptors (Lipinski definition) is 4. The zero-order chi connectivity index (χ0) is 14.3. The van der Waals surface area contributed by atoms with Gasteiger partial charge in [0.1, 0.15) is 10.8 Å². The number of aryl methyl sites for hydroxylation is 1. The highest BCUT2D eigenvalue weighted by Crippen LogP contribution is 2.32. The molecule has 0 aromatic carbocycles. The topological polar surface area (TPSA) is 78.1 Å². The number of rotatable bonds is 4. The van der Waals surface area contributed by atoms with Crippen LogP contribution in [0.25, 0.3) is 0 Å². The molecule has 20 heavy (non-hydrogen) atoms. The molecule has 7 heteroatoms. The molecule has 108 valence electrons. The Hall–Kier alpha value is -1.56. The summed E-state index contributed by atoms with van der Waals surface area (Å²) in [6.07, 6.45) is 2.82. The highest BCUT2D eigenvalue weighted by molar-refractivity contribution is 6.32. The van der Waals surface area contributed by atoms with E-state index in [1.165, 1.54) is 0 Å². The van der Waals surface area contributed by atoms with Crippen molar-refractivity contribution in [2.45, 2.75) is 32.2 Å². The van der Waals surface area contributed by atoms with Gasteiger partial charge < -0.3 is 15.2 Å². The van der Waals surface area contributed by atoms with E-state index in [2.05, 4.69) is 15.3 Å². The van der Waals surface area contributed by atoms with Crippen LogP contribution in [0.2, 0.25) is 5.02 Å². The third kappa shape index (κ3) is 2.65. The zero-order valence-corrected chi connectivity index (χ0v) is 12.0. The Morgan fingerprint density at radius 3 is 2.90 bits per heavy atom. The number of H-pyrrole nitrogens is 1. The quantitative estimate of drug-likeness (QED) is 0.874. The SMILES string of the molecule is Cc1nc(NCC2CC(=O)N(C3CC3)C2)c(Cl)c(=O)[nH]1. The van der Waals surface area contributed by atoms with E-state index >= 15 is 0 Å². The summed E-state index contributed by atoms with van der Waals surface area (Å²) in [6.45, 7) is 3.09. The fraction of sp³-hybridized carbons (Fsp3) is 0.615. The molecule has 2 N–H and O–H groups in total. The van der Waals surface area contributed by atoms with Crippen molar-refractivity contribution in [3.05, 3.63) is 21.2 Å². The second kappa shape index (κ2) is 5.09. The fourth-order valence-electron chi connectivity index (χ4n) is 2.61. The lowest BCUT2D eigenvalue weighted by Crippen LogP contribution is -2.28. The van der Waals surface area contributed by atoms with E-state index in [0.29, 0.717) is 30.6 Å². The molecule has 1 aromatic heterocycles. The molecular weight excluding hydrogens is 280 g/mol. The van der Waals surface area contributed by atoms with Crippen molar-refractivity contribution < 1.29 is 4.79 Å². The number of nitrogens with zero attached hydrogens (tertiary/aromatic N) is 2. The molecule has 1 unspecified atom stereocenters. The molecular formula is C13H17ClN4O2. The van der Waals surface area contributed by atoms with Crippen LogP contribution in [0, 0.1) is 12.8 Å². The number of nitrogens with one attached hydrogen (secondary N) is 2. The van der Waals surface area contributed by atoms with Crippen LogP contribution < -0.4 is 10.9 Å². The molecule has 2 fully saturated rings. The third-order valence-corrected chi connectivity index (χ3v) is 4.12. The van der Waals surface area contributed by atoms with Crippen molar-refractivity contribution in [2.24, 2.45) is 5.92 Å². The van der Waals surface area contributed by atoms with Gasteiger partial charge in [0.2, 0.25) is 5.91 Å². The molecule has 1 amide bonds. The van der Waals surface area contributed by atoms with Gasteiger partial charge in [0, 0.05) is 31.5 Å². The zero-order valence-electron chi connectivity index (χ0n) is 11.3. The molecule has 6 nitrogen and oxygen atoms in total. The van der Waals surface area contributed by atoms with E-state index in [4.69, 9.17) is 11.6 Å². The summed E-state index contributed by atoms with van der Waals surface area (Å²) in [4.78, 5) is 32.1. The van der Waals surface area contributed by atoms with Crippen LogP contribution in [0.5, 0.6) is 0 Å². The van der Waals surface area contributed by atoms with Crippen LogP contribution in [-0.4, -0.2) is 39.9 Å². The van der Waals surface area contributed by atoms with Gasteiger partial charge in [0.25, 0.3) is 5.56 Å². The monoisotopic (exact) mass is 296 g/mol. The van der Waals surface area contributed by atoms with Crippen LogP contribution in [0.1, 0.15) is 25.1 Å². The van der Waals surface area contributed by atoms with E-state index in [1.54, 1.807) is 6.92 Å². The molecule has 1 aliphatic heterocycles. The largest absolute Gasteiger partial charge is 0.368 e. The van der Waals surface area contributed by atoms with Crippen molar-refractivity contribution >= 4 is 23.3 Å². The van der Waals surface area contributed by atoms with Crippen molar-refractivity contribution in [1.29, 1.82) is 0 Å². The first-order valence-electron chi connectivity index (χ1n) is 6.84. The number of carbonyl (C=O) groups excluding carboxylic acids is 1. The minimum atomic E-state index is -0.344. The summed E-state index contributed by atoms with van der Waals surface area (Å²) in [5.74, 6) is 1.40. The Bertz CT molecular complexity index is 597. The lowest BCUT2D eigenvalue weighted by molar-refractivity contribution is -0.128. The lowest BCUT2D eigenvalue weighted by Gasteiger charge is -2.16. The van der Waals surface area contributed by atoms with Gasteiger partial charge in [-0.05, 0) is 19.8 Å². The second-order valence-electron chi connectivity index (χ2n) is 5.54. The van der Waals surface area contributed by atoms with Gasteiger partial charge in [0.05, 0.1) is 0 Å². The smallest absolute Gasteiger partial charge is 0.271 e. The molecule has 0 spiro atoms. The summed E-state index contributed by atoms with van der Waals surface area (Å²) >= 11 is 5.92. The maximum Gasteiger partial charge on any atom is 0.271 e. The molecule has 2 aliphatic rings. The number of aromatic nitrogens is 2. The summed E-state index contributed by atoms with van der Waals surface area (Å²) in [5.41, 5.74) is -0.344. The fourth-order valence-corrected chi connectivity index (χ4v) is 2.77. The Labute approximate surface area is 121 Å². The van der Waals surface area contributed by atoms with E-state index in [0.717, 1.165) is 19.4 Å². The molecule has 1 atom stereocenters. The van der Waals surface area contributed by atoms with Gasteiger partial charge in [-0.15, -0.1) is 0 Å². The van der Waals surface area contributed by atoms with Crippen molar-refractivity contribution in [1.82, 2.24) is 14.9 Å². The van der Waals surface area contributed by atoms with Crippen molar-refractivity contribution in [3.8, 4) is 0 Å². The van der Waals surface area contributed by atoms with Crippen LogP contribution in [0.3, 0.4) is 0 Å². The number of aromatic amines is 1. The predicted octanol–water partition coefficient (Wildman–Crippen LogP) is 1.15. The molecule has 2 heterocycles. The summed E-state index contributed by atoms with van der Waals surface area (Å²) in [6, 6.07) is 0.469. The van der Waals surface area contributed by atoms with Gasteiger partial charge >= 0.3 is 0 Å². The highest BCUT2D eigenvalue weighted by Gasteiger charge is 2.39. The van der Waals surface area contributed by atoms with Crippen LogP contribution in [0.4, 0.5) is 5.82 Å². The summed E-state index contributed by atoms with van der Waals surface area (Å²) < 4.78 is 0. The van der Waals surface area contributed by atoms with Gasteiger partial charge in [-0.3, -0.25) is 9.59 Å². The molecule has 0 bridgehead atoms. The molecule has 1 aliphatic carbocycles. The van der Waals surface area contributed by atoms with E-state index in [-0.39, 0.29) is 22.4 Å². The van der Waals surface area contributed by atoms with E-state index in [1.807, 2.05) is 4.90 Å². The maximum atomic E-state index is 11.9. The maximum absolute atomic E-state index is 11.9. The minimum Gasteiger partial charge on any atom is -0.368 e. The van der Waals surface area contributed by atoms with E-state index in [9.17, 15) is 9.59 Å². The molecule has 3 rings (SSSR count). The second-order valence-corrected chi connectivity index (χ2v) is 5.92. The normalized spacial score (nSPS) is 22.4. The number of halogens is 1. The van der Waals surface area contributed by atoms with Crippen LogP contribution in [0.15, 0.2) is 4.79 Å². The van der Waals surface area contributed by atoms with Gasteiger partial charge in [-0.25, -0.2) is 4.98 Å². The Balaban J connectivity index is 1.63. The summed E-state index contributed by atoms with van der Waals surface area (Å²) in [7, 11) is 0. The number of amides is 1. The number of carbonyl (C=O) groups is 1. The molecule has 0 radical (unpaired) electrons. The minimum absolute atomic E-state index is 0.0685. The Kier molecular flexibility index (Phi) is 3.41. The lowest BCUT2D eigenvalue weighted by atomic mass is 10.1. The number of likely N-dealkylation sites (tertiary alicyclic amines) is 1. The Morgan fingerprint density at radius 2 is 2.20 bits per heavy atom. The van der Waals surface area contributed by atoms with Gasteiger partial charge in [-0.1, -0.05) is 11.6 Å². The first kappa shape index (κ1) is 13.4. The van der Waals surface area contributed by atoms with Crippen LogP contribution in [-0.2, 0) is 4.79 Å². The number of hydrogen-bond donors (Lipinski definition) is 2. The molecule has 1 saturated carbocycles. The highest BCUT2D eigenvalue weighted by atomic mass is 35.5. The van der Waals surface area contributed by atoms with Gasteiger partial charge in [0.15, 0.2) is 5.82 Å². The first-order valence-corrected chi connectivity index (χ1v) is 7.22. The third-order valence-electron chi connectivity index (χ3n) is 3.77. The van der Waals surface area contributed by atoms with Crippen LogP contribution >= 0.6 is 11.6 Å². The molecule has 1 saturated heterocycles. The first-order chi connectivity index (χ1) is 9.54. The molecule has 1 aromatic rings.